The lowest BCUT2D eigenvalue weighted by Crippen LogP contribution is -2.58. The van der Waals surface area contributed by atoms with Gasteiger partial charge in [-0.1, -0.05) is 12.1 Å². The number of halogens is 1. The van der Waals surface area contributed by atoms with Crippen molar-refractivity contribution in [1.29, 1.82) is 0 Å². The van der Waals surface area contributed by atoms with E-state index in [1.165, 1.54) is 32.4 Å². The van der Waals surface area contributed by atoms with Crippen molar-refractivity contribution in [2.75, 3.05) is 19.1 Å². The Balaban J connectivity index is 1.94. The van der Waals surface area contributed by atoms with E-state index in [1.807, 2.05) is 5.32 Å². The third-order valence-corrected chi connectivity index (χ3v) is 4.04. The van der Waals surface area contributed by atoms with Gasteiger partial charge in [-0.2, -0.15) is 0 Å². The Labute approximate surface area is 159 Å². The summed E-state index contributed by atoms with van der Waals surface area (Å²) < 4.78 is 24.4. The van der Waals surface area contributed by atoms with Crippen LogP contribution in [0.5, 0.6) is 11.5 Å². The Hall–Kier alpha value is -3.75. The van der Waals surface area contributed by atoms with Gasteiger partial charge in [-0.25, -0.2) is 14.1 Å². The lowest BCUT2D eigenvalue weighted by Gasteiger charge is -2.28. The molecule has 2 aromatic rings. The number of urea groups is 1. The van der Waals surface area contributed by atoms with Crippen LogP contribution in [0.1, 0.15) is 0 Å². The van der Waals surface area contributed by atoms with Gasteiger partial charge in [0.05, 0.1) is 19.9 Å². The maximum absolute atomic E-state index is 14.1. The number of carbonyl (C=O) groups is 3. The number of barbiturate groups is 1. The summed E-state index contributed by atoms with van der Waals surface area (Å²) in [5, 5.41) is 2.04. The summed E-state index contributed by atoms with van der Waals surface area (Å²) in [4.78, 5) is 41.7. The molecule has 0 unspecified atom stereocenters. The van der Waals surface area contributed by atoms with E-state index < -0.39 is 29.6 Å². The topological polar surface area (TPSA) is 97.3 Å². The first kappa shape index (κ1) is 19.0. The average molecular weight is 385 g/mol. The third-order valence-electron chi connectivity index (χ3n) is 4.04. The molecule has 0 radical (unpaired) electrons. The molecule has 9 heteroatoms. The number of amides is 4. The highest BCUT2D eigenvalue weighted by Gasteiger charge is 2.41. The van der Waals surface area contributed by atoms with E-state index in [2.05, 4.69) is 4.99 Å². The van der Waals surface area contributed by atoms with Crippen molar-refractivity contribution in [1.82, 2.24) is 5.32 Å². The van der Waals surface area contributed by atoms with Gasteiger partial charge < -0.3 is 9.47 Å². The largest absolute Gasteiger partial charge is 0.497 e. The second-order valence-corrected chi connectivity index (χ2v) is 5.71. The maximum Gasteiger partial charge on any atom is 0.335 e. The lowest BCUT2D eigenvalue weighted by atomic mass is 10.1. The fourth-order valence-electron chi connectivity index (χ4n) is 2.64. The van der Waals surface area contributed by atoms with Gasteiger partial charge in [-0.05, 0) is 24.3 Å². The van der Waals surface area contributed by atoms with Gasteiger partial charge in [0, 0.05) is 12.3 Å². The summed E-state index contributed by atoms with van der Waals surface area (Å²) in [5.41, 5.74) is 0.0617. The van der Waals surface area contributed by atoms with E-state index in [4.69, 9.17) is 9.47 Å². The molecule has 0 aromatic heterocycles. The molecule has 0 bridgehead atoms. The molecule has 0 spiro atoms. The van der Waals surface area contributed by atoms with Crippen molar-refractivity contribution in [2.45, 2.75) is 0 Å². The minimum absolute atomic E-state index is 0.255. The molecule has 3 rings (SSSR count). The maximum atomic E-state index is 14.1. The summed E-state index contributed by atoms with van der Waals surface area (Å²) in [6.45, 7) is 0. The summed E-state index contributed by atoms with van der Waals surface area (Å²) in [5.74, 6) is -3.07. The molecule has 144 valence electrons. The minimum atomic E-state index is -1.42. The number of benzene rings is 2. The molecule has 1 saturated heterocycles. The zero-order chi connectivity index (χ0) is 20.3. The third kappa shape index (κ3) is 3.54. The Morgan fingerprint density at radius 2 is 1.86 bits per heavy atom. The molecule has 2 aromatic carbocycles. The number of ether oxygens (including phenoxy) is 2. The quantitative estimate of drug-likeness (QED) is 0.630. The van der Waals surface area contributed by atoms with Gasteiger partial charge in [0.1, 0.15) is 23.0 Å². The standard InChI is InChI=1S/C19H16FN3O5/c1-27-11-7-8-16(28-2)14(9-11)21-10-12-17(24)22-19(26)23(18(12)25)15-6-4-3-5-13(15)20/h3-10,12H,1-2H3,(H,22,24,26)/t12-/m0/s1. The highest BCUT2D eigenvalue weighted by molar-refractivity contribution is 6.32. The number of para-hydroxylation sites is 1. The molecule has 4 amide bonds. The van der Waals surface area contributed by atoms with Crippen molar-refractivity contribution < 1.29 is 28.2 Å². The smallest absolute Gasteiger partial charge is 0.335 e. The van der Waals surface area contributed by atoms with E-state index in [0.717, 1.165) is 12.3 Å². The Morgan fingerprint density at radius 3 is 2.54 bits per heavy atom. The van der Waals surface area contributed by atoms with Crippen molar-refractivity contribution >= 4 is 35.4 Å². The van der Waals surface area contributed by atoms with Crippen LogP contribution < -0.4 is 19.7 Å². The Kier molecular flexibility index (Phi) is 5.35. The van der Waals surface area contributed by atoms with Crippen molar-refractivity contribution in [3.63, 3.8) is 0 Å². The fraction of sp³-hybridized carbons (Fsp3) is 0.158. The van der Waals surface area contributed by atoms with Crippen LogP contribution in [0.15, 0.2) is 47.5 Å². The van der Waals surface area contributed by atoms with Crippen LogP contribution in [0.4, 0.5) is 20.6 Å². The van der Waals surface area contributed by atoms with Crippen LogP contribution in [0.2, 0.25) is 0 Å². The molecule has 0 aliphatic carbocycles. The molecule has 1 heterocycles. The molecule has 1 N–H and O–H groups in total. The van der Waals surface area contributed by atoms with E-state index in [9.17, 15) is 18.8 Å². The first-order valence-electron chi connectivity index (χ1n) is 8.15. The number of imide groups is 2. The number of methoxy groups -OCH3 is 2. The molecule has 1 atom stereocenters. The zero-order valence-corrected chi connectivity index (χ0v) is 15.0. The average Bonchev–Trinajstić information content (AvgIpc) is 2.68. The molecule has 1 aliphatic heterocycles. The summed E-state index contributed by atoms with van der Waals surface area (Å²) in [6, 6.07) is 9.07. The normalized spacial score (nSPS) is 17.0. The van der Waals surface area contributed by atoms with Crippen LogP contribution >= 0.6 is 0 Å². The highest BCUT2D eigenvalue weighted by Crippen LogP contribution is 2.31. The predicted octanol–water partition coefficient (Wildman–Crippen LogP) is 2.44. The second-order valence-electron chi connectivity index (χ2n) is 5.71. The number of hydrogen-bond donors (Lipinski definition) is 1. The first-order valence-corrected chi connectivity index (χ1v) is 8.15. The molecule has 8 nitrogen and oxygen atoms in total. The van der Waals surface area contributed by atoms with Crippen LogP contribution in [0, 0.1) is 11.7 Å². The van der Waals surface area contributed by atoms with Gasteiger partial charge in [-0.15, -0.1) is 0 Å². The van der Waals surface area contributed by atoms with E-state index in [1.54, 1.807) is 18.2 Å². The van der Waals surface area contributed by atoms with Crippen LogP contribution in [-0.2, 0) is 9.59 Å². The van der Waals surface area contributed by atoms with Crippen LogP contribution in [0.3, 0.4) is 0 Å². The number of rotatable bonds is 5. The molecule has 1 aliphatic rings. The monoisotopic (exact) mass is 385 g/mol. The summed E-state index contributed by atoms with van der Waals surface area (Å²) in [7, 11) is 2.92. The van der Waals surface area contributed by atoms with Crippen molar-refractivity contribution in [3.8, 4) is 11.5 Å². The summed E-state index contributed by atoms with van der Waals surface area (Å²) in [6.07, 6.45) is 1.08. The van der Waals surface area contributed by atoms with E-state index in [-0.39, 0.29) is 5.69 Å². The lowest BCUT2D eigenvalue weighted by molar-refractivity contribution is -0.131. The first-order chi connectivity index (χ1) is 13.5. The zero-order valence-electron chi connectivity index (χ0n) is 15.0. The van der Waals surface area contributed by atoms with Crippen molar-refractivity contribution in [3.05, 3.63) is 48.3 Å². The molecule has 1 fully saturated rings. The number of anilines is 1. The van der Waals surface area contributed by atoms with Gasteiger partial charge in [-0.3, -0.25) is 19.9 Å². The van der Waals surface area contributed by atoms with Gasteiger partial charge in [0.25, 0.3) is 5.91 Å². The fourth-order valence-corrected chi connectivity index (χ4v) is 2.64. The number of aliphatic imine (C=N–C) groups is 1. The van der Waals surface area contributed by atoms with Gasteiger partial charge in [0.15, 0.2) is 5.92 Å². The number of nitrogens with one attached hydrogen (secondary N) is 1. The second kappa shape index (κ2) is 7.87. The van der Waals surface area contributed by atoms with Gasteiger partial charge in [0.2, 0.25) is 5.91 Å². The number of carbonyl (C=O) groups excluding carboxylic acids is 3. The van der Waals surface area contributed by atoms with Crippen LogP contribution in [0.25, 0.3) is 0 Å². The Morgan fingerprint density at radius 1 is 1.11 bits per heavy atom. The predicted molar refractivity (Wildman–Crippen MR) is 98.6 cm³/mol. The minimum Gasteiger partial charge on any atom is -0.497 e. The Bertz CT molecular complexity index is 976. The SMILES string of the molecule is COc1ccc(OC)c(N=C[C@H]2C(=O)NC(=O)N(c3ccccc3F)C2=O)c1. The molecule has 0 saturated carbocycles. The number of nitrogens with zero attached hydrogens (tertiary/aromatic N) is 2. The van der Waals surface area contributed by atoms with E-state index >= 15 is 0 Å². The molecular weight excluding hydrogens is 369 g/mol. The number of hydrogen-bond acceptors (Lipinski definition) is 6. The van der Waals surface area contributed by atoms with Crippen molar-refractivity contribution in [2.24, 2.45) is 10.9 Å². The summed E-state index contributed by atoms with van der Waals surface area (Å²) >= 11 is 0. The van der Waals surface area contributed by atoms with Gasteiger partial charge >= 0.3 is 6.03 Å². The van der Waals surface area contributed by atoms with E-state index in [0.29, 0.717) is 22.1 Å². The van der Waals surface area contributed by atoms with Crippen LogP contribution in [-0.4, -0.2) is 38.3 Å². The molecule has 28 heavy (non-hydrogen) atoms. The highest BCUT2D eigenvalue weighted by atomic mass is 19.1. The molecular formula is C19H16FN3O5.